The summed E-state index contributed by atoms with van der Waals surface area (Å²) in [6, 6.07) is 15.3. The lowest BCUT2D eigenvalue weighted by atomic mass is 9.98. The van der Waals surface area contributed by atoms with Gasteiger partial charge in [0, 0.05) is 5.92 Å². The van der Waals surface area contributed by atoms with E-state index in [1.165, 1.54) is 11.0 Å². The van der Waals surface area contributed by atoms with Gasteiger partial charge in [0.15, 0.2) is 6.73 Å². The Balaban J connectivity index is 1.48. The van der Waals surface area contributed by atoms with Crippen molar-refractivity contribution in [2.75, 3.05) is 19.9 Å². The predicted octanol–water partition coefficient (Wildman–Crippen LogP) is 2.85. The molecule has 1 amide bonds. The van der Waals surface area contributed by atoms with Crippen molar-refractivity contribution in [1.29, 1.82) is 0 Å². The van der Waals surface area contributed by atoms with E-state index < -0.39 is 18.1 Å². The van der Waals surface area contributed by atoms with Gasteiger partial charge in [0.05, 0.1) is 6.54 Å². The van der Waals surface area contributed by atoms with Crippen LogP contribution in [-0.4, -0.2) is 49.0 Å². The molecule has 28 heavy (non-hydrogen) atoms. The van der Waals surface area contributed by atoms with Gasteiger partial charge < -0.3 is 9.47 Å². The third-order valence-corrected chi connectivity index (χ3v) is 5.14. The highest BCUT2D eigenvalue weighted by Gasteiger charge is 2.39. The first-order chi connectivity index (χ1) is 13.7. The van der Waals surface area contributed by atoms with E-state index in [9.17, 15) is 14.4 Å². The van der Waals surface area contributed by atoms with E-state index in [1.54, 1.807) is 0 Å². The Morgan fingerprint density at radius 1 is 1.14 bits per heavy atom. The lowest BCUT2D eigenvalue weighted by molar-refractivity contribution is -0.139. The Hall–Kier alpha value is -3.44. The third kappa shape index (κ3) is 3.17. The molecule has 0 N–H and O–H groups in total. The molecule has 2 aromatic carbocycles. The topological polar surface area (TPSA) is 85.3 Å². The molecule has 0 radical (unpaired) electrons. The van der Waals surface area contributed by atoms with Gasteiger partial charge >= 0.3 is 12.1 Å². The number of hydrogen-bond acceptors (Lipinski definition) is 6. The number of aliphatic imine (C=N–C) groups is 1. The Labute approximate surface area is 161 Å². The molecule has 142 valence electrons. The van der Waals surface area contributed by atoms with Crippen LogP contribution in [0, 0.1) is 0 Å². The second kappa shape index (κ2) is 7.66. The van der Waals surface area contributed by atoms with E-state index in [1.807, 2.05) is 36.4 Å². The number of rotatable bonds is 5. The van der Waals surface area contributed by atoms with Crippen LogP contribution in [-0.2, 0) is 19.1 Å². The number of carbonyl (C=O) groups is 2. The molecular formula is C21H18N2O5. The molecule has 1 fully saturated rings. The highest BCUT2D eigenvalue weighted by atomic mass is 16.6. The SMILES string of the molecule is O=C=NCC[C@H]1C(=O)OCN1C(=O)OCC1c2ccccc2-c2ccccc21. The lowest BCUT2D eigenvalue weighted by Crippen LogP contribution is -2.39. The zero-order chi connectivity index (χ0) is 19.5. The standard InChI is InChI=1S/C21H18N2O5/c24-12-22-10-9-19-20(25)28-13-23(19)21(26)27-11-18-16-7-3-1-5-14(16)15-6-2-4-8-17(15)18/h1-8,18-19H,9-11,13H2/t19-/m0/s1. The minimum Gasteiger partial charge on any atom is -0.448 e. The van der Waals surface area contributed by atoms with Gasteiger partial charge in [-0.2, -0.15) is 0 Å². The summed E-state index contributed by atoms with van der Waals surface area (Å²) in [6.45, 7) is 0.0954. The van der Waals surface area contributed by atoms with Gasteiger partial charge in [-0.1, -0.05) is 48.5 Å². The fraction of sp³-hybridized carbons (Fsp3) is 0.286. The first-order valence-corrected chi connectivity index (χ1v) is 9.02. The maximum atomic E-state index is 12.6. The molecule has 1 heterocycles. The van der Waals surface area contributed by atoms with Crippen LogP contribution in [0.5, 0.6) is 0 Å². The fourth-order valence-electron chi connectivity index (χ4n) is 3.81. The third-order valence-electron chi connectivity index (χ3n) is 5.14. The number of hydrogen-bond donors (Lipinski definition) is 0. The van der Waals surface area contributed by atoms with Gasteiger partial charge in [0.2, 0.25) is 6.08 Å². The molecule has 0 bridgehead atoms. The maximum Gasteiger partial charge on any atom is 0.413 e. The number of isocyanates is 1. The van der Waals surface area contributed by atoms with E-state index in [2.05, 4.69) is 17.1 Å². The molecule has 7 nitrogen and oxygen atoms in total. The molecule has 1 saturated heterocycles. The number of benzene rings is 2. The van der Waals surface area contributed by atoms with Crippen LogP contribution < -0.4 is 0 Å². The summed E-state index contributed by atoms with van der Waals surface area (Å²) >= 11 is 0. The van der Waals surface area contributed by atoms with Crippen molar-refractivity contribution >= 4 is 18.1 Å². The number of ether oxygens (including phenoxy) is 2. The first-order valence-electron chi connectivity index (χ1n) is 9.02. The Kier molecular flexibility index (Phi) is 4.91. The molecule has 0 saturated carbocycles. The number of nitrogens with zero attached hydrogens (tertiary/aromatic N) is 2. The molecule has 1 aliphatic heterocycles. The van der Waals surface area contributed by atoms with Crippen LogP contribution in [0.3, 0.4) is 0 Å². The summed E-state index contributed by atoms with van der Waals surface area (Å²) in [6.07, 6.45) is 0.995. The van der Waals surface area contributed by atoms with E-state index >= 15 is 0 Å². The van der Waals surface area contributed by atoms with E-state index in [4.69, 9.17) is 9.47 Å². The highest BCUT2D eigenvalue weighted by molar-refractivity contribution is 5.84. The molecule has 2 aliphatic rings. The fourth-order valence-corrected chi connectivity index (χ4v) is 3.81. The Morgan fingerprint density at radius 3 is 2.43 bits per heavy atom. The zero-order valence-electron chi connectivity index (χ0n) is 15.0. The van der Waals surface area contributed by atoms with Crippen molar-refractivity contribution in [2.45, 2.75) is 18.4 Å². The van der Waals surface area contributed by atoms with Crippen molar-refractivity contribution in [2.24, 2.45) is 4.99 Å². The van der Waals surface area contributed by atoms with E-state index in [-0.39, 0.29) is 32.2 Å². The summed E-state index contributed by atoms with van der Waals surface area (Å²) < 4.78 is 10.5. The Morgan fingerprint density at radius 2 is 1.79 bits per heavy atom. The number of carbonyl (C=O) groups excluding carboxylic acids is 3. The number of fused-ring (bicyclic) bond motifs is 3. The van der Waals surface area contributed by atoms with Crippen LogP contribution in [0.25, 0.3) is 11.1 Å². The zero-order valence-corrected chi connectivity index (χ0v) is 15.0. The van der Waals surface area contributed by atoms with Crippen LogP contribution in [0.2, 0.25) is 0 Å². The minimum atomic E-state index is -0.798. The summed E-state index contributed by atoms with van der Waals surface area (Å²) in [5, 5.41) is 0. The maximum absolute atomic E-state index is 12.6. The van der Waals surface area contributed by atoms with Crippen LogP contribution >= 0.6 is 0 Å². The number of amides is 1. The second-order valence-electron chi connectivity index (χ2n) is 6.64. The summed E-state index contributed by atoms with van der Waals surface area (Å²) in [5.41, 5.74) is 4.51. The van der Waals surface area contributed by atoms with E-state index in [0.29, 0.717) is 0 Å². The monoisotopic (exact) mass is 378 g/mol. The van der Waals surface area contributed by atoms with Crippen LogP contribution in [0.15, 0.2) is 53.5 Å². The first kappa shape index (κ1) is 17.9. The Bertz CT molecular complexity index is 921. The van der Waals surface area contributed by atoms with Gasteiger partial charge in [-0.25, -0.2) is 19.4 Å². The molecule has 7 heteroatoms. The molecule has 0 unspecified atom stereocenters. The van der Waals surface area contributed by atoms with Crippen molar-refractivity contribution < 1.29 is 23.9 Å². The molecule has 2 aromatic rings. The lowest BCUT2D eigenvalue weighted by Gasteiger charge is -2.21. The minimum absolute atomic E-state index is 0.0614. The van der Waals surface area contributed by atoms with E-state index in [0.717, 1.165) is 22.3 Å². The normalized spacial score (nSPS) is 17.5. The van der Waals surface area contributed by atoms with Crippen LogP contribution in [0.1, 0.15) is 23.5 Å². The van der Waals surface area contributed by atoms with Crippen molar-refractivity contribution in [1.82, 2.24) is 4.90 Å². The summed E-state index contributed by atoms with van der Waals surface area (Å²) in [7, 11) is 0. The smallest absolute Gasteiger partial charge is 0.413 e. The molecule has 0 spiro atoms. The number of esters is 1. The van der Waals surface area contributed by atoms with Crippen molar-refractivity contribution in [3.05, 3.63) is 59.7 Å². The average Bonchev–Trinajstić information content (AvgIpc) is 3.25. The largest absolute Gasteiger partial charge is 0.448 e. The van der Waals surface area contributed by atoms with Gasteiger partial charge in [-0.05, 0) is 28.7 Å². The average molecular weight is 378 g/mol. The second-order valence-corrected chi connectivity index (χ2v) is 6.64. The number of cyclic esters (lactones) is 1. The van der Waals surface area contributed by atoms with Gasteiger partial charge in [-0.15, -0.1) is 0 Å². The summed E-state index contributed by atoms with van der Waals surface area (Å²) in [5.74, 6) is -0.580. The van der Waals surface area contributed by atoms with Gasteiger partial charge in [-0.3, -0.25) is 4.90 Å². The highest BCUT2D eigenvalue weighted by Crippen LogP contribution is 2.44. The predicted molar refractivity (Wildman–Crippen MR) is 99.3 cm³/mol. The molecular weight excluding hydrogens is 360 g/mol. The molecule has 4 rings (SSSR count). The molecule has 1 aliphatic carbocycles. The quantitative estimate of drug-likeness (QED) is 0.454. The van der Waals surface area contributed by atoms with Gasteiger partial charge in [0.25, 0.3) is 0 Å². The van der Waals surface area contributed by atoms with Crippen molar-refractivity contribution in [3.8, 4) is 11.1 Å². The molecule has 0 aromatic heterocycles. The van der Waals surface area contributed by atoms with Gasteiger partial charge in [0.1, 0.15) is 12.6 Å². The molecule has 1 atom stereocenters. The van der Waals surface area contributed by atoms with Crippen molar-refractivity contribution in [3.63, 3.8) is 0 Å². The summed E-state index contributed by atoms with van der Waals surface area (Å²) in [4.78, 5) is 39.3. The van der Waals surface area contributed by atoms with Crippen LogP contribution in [0.4, 0.5) is 4.79 Å².